The lowest BCUT2D eigenvalue weighted by atomic mass is 9.98. The molecule has 0 saturated carbocycles. The Morgan fingerprint density at radius 1 is 1.37 bits per heavy atom. The van der Waals surface area contributed by atoms with Gasteiger partial charge in [0.25, 0.3) is 0 Å². The lowest BCUT2D eigenvalue weighted by Crippen LogP contribution is -2.10. The zero-order valence-electron chi connectivity index (χ0n) is 11.6. The van der Waals surface area contributed by atoms with Crippen molar-refractivity contribution in [2.45, 2.75) is 33.1 Å². The molecule has 19 heavy (non-hydrogen) atoms. The molecular weight excluding hydrogens is 274 g/mol. The van der Waals surface area contributed by atoms with E-state index in [1.165, 1.54) is 11.3 Å². The number of thiophene rings is 1. The van der Waals surface area contributed by atoms with Crippen molar-refractivity contribution in [3.05, 3.63) is 44.0 Å². The molecule has 0 fully saturated rings. The average molecular weight is 291 g/mol. The number of allylic oxidation sites excluding steroid dienone is 1. The summed E-state index contributed by atoms with van der Waals surface area (Å²) in [4.78, 5) is 17.4. The lowest BCUT2D eigenvalue weighted by Gasteiger charge is -2.13. The molecule has 2 aromatic heterocycles. The minimum Gasteiger partial charge on any atom is -0.288 e. The van der Waals surface area contributed by atoms with E-state index in [2.05, 4.69) is 25.8 Å². The van der Waals surface area contributed by atoms with Crippen LogP contribution in [-0.4, -0.2) is 10.8 Å². The van der Waals surface area contributed by atoms with Crippen molar-refractivity contribution in [1.82, 2.24) is 4.98 Å². The van der Waals surface area contributed by atoms with Crippen molar-refractivity contribution in [2.75, 3.05) is 0 Å². The van der Waals surface area contributed by atoms with Gasteiger partial charge in [-0.15, -0.1) is 11.3 Å². The number of aromatic nitrogens is 1. The smallest absolute Gasteiger partial charge is 0.197 e. The summed E-state index contributed by atoms with van der Waals surface area (Å²) < 4.78 is 0. The molecule has 0 radical (unpaired) electrons. The van der Waals surface area contributed by atoms with Crippen molar-refractivity contribution in [2.24, 2.45) is 0 Å². The van der Waals surface area contributed by atoms with Gasteiger partial charge in [-0.2, -0.15) is 11.3 Å². The number of thiazole rings is 1. The molecule has 0 bridgehead atoms. The van der Waals surface area contributed by atoms with Gasteiger partial charge in [-0.3, -0.25) is 4.79 Å². The Bertz CT molecular complexity index is 601. The molecule has 2 nitrogen and oxygen atoms in total. The lowest BCUT2D eigenvalue weighted by molar-refractivity contribution is 0.105. The number of ketones is 1. The van der Waals surface area contributed by atoms with Crippen LogP contribution in [0.3, 0.4) is 0 Å². The molecule has 4 heteroatoms. The van der Waals surface area contributed by atoms with Gasteiger partial charge in [-0.1, -0.05) is 26.8 Å². The van der Waals surface area contributed by atoms with Crippen LogP contribution < -0.4 is 0 Å². The highest BCUT2D eigenvalue weighted by atomic mass is 32.1. The van der Waals surface area contributed by atoms with Crippen LogP contribution in [0.15, 0.2) is 22.9 Å². The van der Waals surface area contributed by atoms with Crippen molar-refractivity contribution >= 4 is 34.5 Å². The molecule has 100 valence electrons. The van der Waals surface area contributed by atoms with Crippen LogP contribution in [0.1, 0.15) is 46.7 Å². The van der Waals surface area contributed by atoms with Crippen LogP contribution in [0, 0.1) is 6.92 Å². The Morgan fingerprint density at radius 2 is 2.11 bits per heavy atom. The molecule has 0 aliphatic rings. The van der Waals surface area contributed by atoms with E-state index in [1.807, 2.05) is 29.8 Å². The third-order valence-electron chi connectivity index (χ3n) is 2.63. The van der Waals surface area contributed by atoms with Gasteiger partial charge in [-0.05, 0) is 35.4 Å². The Kier molecular flexibility index (Phi) is 4.02. The predicted molar refractivity (Wildman–Crippen MR) is 83.2 cm³/mol. The highest BCUT2D eigenvalue weighted by Gasteiger charge is 2.22. The second-order valence-corrected chi connectivity index (χ2v) is 7.22. The van der Waals surface area contributed by atoms with Crippen LogP contribution in [0.5, 0.6) is 0 Å². The van der Waals surface area contributed by atoms with E-state index in [0.717, 1.165) is 21.1 Å². The Morgan fingerprint density at radius 3 is 2.63 bits per heavy atom. The third kappa shape index (κ3) is 3.39. The molecule has 0 unspecified atom stereocenters. The van der Waals surface area contributed by atoms with Crippen LogP contribution in [-0.2, 0) is 5.41 Å². The number of carbonyl (C=O) groups is 1. The summed E-state index contributed by atoms with van der Waals surface area (Å²) in [5.41, 5.74) is 1.89. The largest absolute Gasteiger partial charge is 0.288 e. The fourth-order valence-corrected chi connectivity index (χ4v) is 3.24. The summed E-state index contributed by atoms with van der Waals surface area (Å²) in [6.45, 7) is 8.24. The van der Waals surface area contributed by atoms with Crippen molar-refractivity contribution in [3.8, 4) is 0 Å². The average Bonchev–Trinajstić information content (AvgIpc) is 2.93. The first-order chi connectivity index (χ1) is 8.88. The first kappa shape index (κ1) is 14.2. The maximum atomic E-state index is 12.2. The van der Waals surface area contributed by atoms with E-state index in [-0.39, 0.29) is 11.2 Å². The maximum absolute atomic E-state index is 12.2. The van der Waals surface area contributed by atoms with E-state index >= 15 is 0 Å². The van der Waals surface area contributed by atoms with Gasteiger partial charge in [0.05, 0.1) is 15.6 Å². The third-order valence-corrected chi connectivity index (χ3v) is 4.93. The SMILES string of the molecule is Cc1nc(C(C)(C)C)sc1C(=O)C=Cc1ccsc1. The van der Waals surface area contributed by atoms with Gasteiger partial charge in [0.1, 0.15) is 0 Å². The highest BCUT2D eigenvalue weighted by molar-refractivity contribution is 7.14. The summed E-state index contributed by atoms with van der Waals surface area (Å²) in [6, 6.07) is 1.99. The van der Waals surface area contributed by atoms with Crippen LogP contribution >= 0.6 is 22.7 Å². The van der Waals surface area contributed by atoms with Crippen LogP contribution in [0.4, 0.5) is 0 Å². The standard InChI is InChI=1S/C15H17NOS2/c1-10-13(19-14(16-10)15(2,3)4)12(17)6-5-11-7-8-18-9-11/h5-9H,1-4H3. The highest BCUT2D eigenvalue weighted by Crippen LogP contribution is 2.29. The van der Waals surface area contributed by atoms with E-state index < -0.39 is 0 Å². The summed E-state index contributed by atoms with van der Waals surface area (Å²) in [6.07, 6.45) is 3.49. The number of nitrogens with zero attached hydrogens (tertiary/aromatic N) is 1. The van der Waals surface area contributed by atoms with Crippen molar-refractivity contribution in [3.63, 3.8) is 0 Å². The first-order valence-corrected chi connectivity index (χ1v) is 7.86. The number of rotatable bonds is 3. The number of hydrogen-bond acceptors (Lipinski definition) is 4. The van der Waals surface area contributed by atoms with Gasteiger partial charge >= 0.3 is 0 Å². The van der Waals surface area contributed by atoms with Crippen molar-refractivity contribution in [1.29, 1.82) is 0 Å². The summed E-state index contributed by atoms with van der Waals surface area (Å²) >= 11 is 3.13. The Labute approximate surface area is 121 Å². The van der Waals surface area contributed by atoms with Gasteiger partial charge in [0.15, 0.2) is 5.78 Å². The molecule has 0 aromatic carbocycles. The van der Waals surface area contributed by atoms with Gasteiger partial charge in [0.2, 0.25) is 0 Å². The molecule has 0 atom stereocenters. The van der Waals surface area contributed by atoms with E-state index in [4.69, 9.17) is 0 Å². The molecule has 0 amide bonds. The summed E-state index contributed by atoms with van der Waals surface area (Å²) in [5.74, 6) is 0.0386. The van der Waals surface area contributed by atoms with E-state index in [0.29, 0.717) is 0 Å². The number of aryl methyl sites for hydroxylation is 1. The minimum absolute atomic E-state index is 0.00890. The van der Waals surface area contributed by atoms with Gasteiger partial charge < -0.3 is 0 Å². The van der Waals surface area contributed by atoms with Gasteiger partial charge in [-0.25, -0.2) is 4.98 Å². The zero-order valence-corrected chi connectivity index (χ0v) is 13.2. The molecule has 0 aliphatic heterocycles. The number of hydrogen-bond donors (Lipinski definition) is 0. The monoisotopic (exact) mass is 291 g/mol. The number of carbonyl (C=O) groups excluding carboxylic acids is 1. The van der Waals surface area contributed by atoms with Crippen molar-refractivity contribution < 1.29 is 4.79 Å². The molecule has 0 saturated heterocycles. The molecular formula is C15H17NOS2. The maximum Gasteiger partial charge on any atom is 0.197 e. The molecule has 2 rings (SSSR count). The second-order valence-electron chi connectivity index (χ2n) is 5.44. The van der Waals surface area contributed by atoms with Crippen LogP contribution in [0.25, 0.3) is 6.08 Å². The Balaban J connectivity index is 2.22. The topological polar surface area (TPSA) is 30.0 Å². The van der Waals surface area contributed by atoms with E-state index in [1.54, 1.807) is 17.4 Å². The molecule has 0 spiro atoms. The Hall–Kier alpha value is -1.26. The summed E-state index contributed by atoms with van der Waals surface area (Å²) in [5, 5.41) is 5.03. The van der Waals surface area contributed by atoms with Crippen LogP contribution in [0.2, 0.25) is 0 Å². The fourth-order valence-electron chi connectivity index (χ4n) is 1.56. The molecule has 0 aliphatic carbocycles. The summed E-state index contributed by atoms with van der Waals surface area (Å²) in [7, 11) is 0. The molecule has 0 N–H and O–H groups in total. The minimum atomic E-state index is -0.00890. The predicted octanol–water partition coefficient (Wildman–Crippen LogP) is 4.71. The molecule has 2 aromatic rings. The second kappa shape index (κ2) is 5.39. The van der Waals surface area contributed by atoms with E-state index in [9.17, 15) is 4.79 Å². The molecule has 2 heterocycles. The van der Waals surface area contributed by atoms with Gasteiger partial charge in [0, 0.05) is 5.41 Å². The zero-order chi connectivity index (χ0) is 14.0. The normalized spacial score (nSPS) is 12.2. The quantitative estimate of drug-likeness (QED) is 0.605. The fraction of sp³-hybridized carbons (Fsp3) is 0.333. The first-order valence-electron chi connectivity index (χ1n) is 6.10.